The van der Waals surface area contributed by atoms with Gasteiger partial charge in [0.2, 0.25) is 0 Å². The fourth-order valence-corrected chi connectivity index (χ4v) is 10.9. The van der Waals surface area contributed by atoms with Gasteiger partial charge >= 0.3 is 0 Å². The number of aromatic nitrogens is 4. The van der Waals surface area contributed by atoms with Crippen LogP contribution in [0.15, 0.2) is 112 Å². The largest absolute Gasteiger partial charge is 0.369 e. The number of para-hydroxylation sites is 2. The third kappa shape index (κ3) is 4.61. The number of hydrogen-bond donors (Lipinski definition) is 4. The Balaban J connectivity index is 1.17. The van der Waals surface area contributed by atoms with Crippen molar-refractivity contribution < 1.29 is 0 Å². The van der Waals surface area contributed by atoms with Crippen LogP contribution in [-0.2, 0) is 19.3 Å². The van der Waals surface area contributed by atoms with Gasteiger partial charge in [-0.2, -0.15) is 0 Å². The van der Waals surface area contributed by atoms with Crippen LogP contribution in [0.25, 0.3) is 50.2 Å². The first-order valence-corrected chi connectivity index (χ1v) is 20.8. The molecule has 8 aliphatic rings. The van der Waals surface area contributed by atoms with E-state index in [0.717, 1.165) is 117 Å². The Labute approximate surface area is 330 Å². The van der Waals surface area contributed by atoms with E-state index in [4.69, 9.17) is 20.0 Å². The Morgan fingerprint density at radius 1 is 0.772 bits per heavy atom. The highest BCUT2D eigenvalue weighted by Crippen LogP contribution is 2.53. The Bertz CT molecular complexity index is 3000. The van der Waals surface area contributed by atoms with E-state index in [-0.39, 0.29) is 12.1 Å². The summed E-state index contributed by atoms with van der Waals surface area (Å²) in [6.07, 6.45) is 16.2. The third-order valence-electron chi connectivity index (χ3n) is 13.9. The summed E-state index contributed by atoms with van der Waals surface area (Å²) in [5.74, 6) is 1.10. The molecule has 57 heavy (non-hydrogen) atoms. The number of rotatable bonds is 0. The van der Waals surface area contributed by atoms with Gasteiger partial charge in [-0.15, -0.1) is 0 Å². The first-order chi connectivity index (χ1) is 28.0. The van der Waals surface area contributed by atoms with Crippen molar-refractivity contribution in [3.05, 3.63) is 124 Å². The number of benzene rings is 3. The minimum Gasteiger partial charge on any atom is -0.369 e. The van der Waals surface area contributed by atoms with E-state index in [1.54, 1.807) is 0 Å². The third-order valence-corrected chi connectivity index (χ3v) is 13.9. The highest BCUT2D eigenvalue weighted by atomic mass is 15.1. The monoisotopic (exact) mass is 742 g/mol. The molecule has 9 heterocycles. The average molecular weight is 743 g/mol. The molecule has 8 heteroatoms. The first kappa shape index (κ1) is 31.9. The van der Waals surface area contributed by atoms with Gasteiger partial charge in [0.05, 0.1) is 51.4 Å². The molecule has 4 unspecified atom stereocenters. The van der Waals surface area contributed by atoms with E-state index in [9.17, 15) is 0 Å². The number of nitrogens with zero attached hydrogens (tertiary/aromatic N) is 4. The molecule has 0 saturated heterocycles. The molecule has 4 N–H and O–H groups in total. The fourth-order valence-electron chi connectivity index (χ4n) is 10.9. The standard InChI is InChI=1S/C49H42N8/c1-3-25-22-36-45-47-49-48-46(36)54-41-31(25)6-4-7-33(41)37-17-12-28(50-37)21-26-10-11-27(20-24(26)2)32-15-16-35(44(57-49)43(32)56-48)39-19-14-30(52-39)23-29-13-18-38(51-29)34-8-5-9-40(53-45)42(34)55-47/h3-9,11-13,15-18,24,26,30,44,50-51,54,57H,10,14,19-23H2,1-2H3/b25-3-. The van der Waals surface area contributed by atoms with Crippen molar-refractivity contribution in [1.29, 1.82) is 0 Å². The average Bonchev–Trinajstić information content (AvgIpc) is 3.99. The number of aromatic amines is 2. The Morgan fingerprint density at radius 3 is 2.47 bits per heavy atom. The number of fused-ring (bicyclic) bond motifs is 8. The first-order valence-electron chi connectivity index (χ1n) is 20.8. The molecule has 8 nitrogen and oxygen atoms in total. The summed E-state index contributed by atoms with van der Waals surface area (Å²) >= 11 is 0. The lowest BCUT2D eigenvalue weighted by Crippen LogP contribution is -2.40. The van der Waals surface area contributed by atoms with Crippen molar-refractivity contribution in [2.75, 3.05) is 10.6 Å². The van der Waals surface area contributed by atoms with Crippen molar-refractivity contribution in [2.45, 2.75) is 70.9 Å². The minimum atomic E-state index is -0.159. The molecule has 0 saturated carbocycles. The summed E-state index contributed by atoms with van der Waals surface area (Å²) in [7, 11) is 0. The molecule has 2 aliphatic carbocycles. The number of anilines is 3. The molecule has 0 amide bonds. The van der Waals surface area contributed by atoms with E-state index < -0.39 is 0 Å². The summed E-state index contributed by atoms with van der Waals surface area (Å²) < 4.78 is 0. The van der Waals surface area contributed by atoms with Gasteiger partial charge in [-0.25, -0.2) is 15.0 Å². The van der Waals surface area contributed by atoms with E-state index in [0.29, 0.717) is 18.3 Å². The zero-order chi connectivity index (χ0) is 37.5. The molecule has 0 fully saturated rings. The highest BCUT2D eigenvalue weighted by Gasteiger charge is 2.40. The molecule has 0 radical (unpaired) electrons. The second-order valence-electron chi connectivity index (χ2n) is 17.2. The molecule has 16 bridgehead atoms. The van der Waals surface area contributed by atoms with Crippen molar-refractivity contribution in [3.63, 3.8) is 0 Å². The lowest BCUT2D eigenvalue weighted by Gasteiger charge is -2.37. The lowest BCUT2D eigenvalue weighted by atomic mass is 9.74. The van der Waals surface area contributed by atoms with Crippen molar-refractivity contribution in [3.8, 4) is 22.5 Å². The van der Waals surface area contributed by atoms with Gasteiger partial charge in [-0.05, 0) is 92.3 Å². The number of hydrogen-bond acceptors (Lipinski definition) is 6. The molecule has 6 aliphatic heterocycles. The van der Waals surface area contributed by atoms with Crippen LogP contribution in [0.3, 0.4) is 0 Å². The summed E-state index contributed by atoms with van der Waals surface area (Å²) in [6, 6.07) is 22.1. The minimum absolute atomic E-state index is 0.159. The smallest absolute Gasteiger partial charge is 0.115 e. The summed E-state index contributed by atoms with van der Waals surface area (Å²) in [6.45, 7) is 4.60. The molecular weight excluding hydrogens is 701 g/mol. The maximum Gasteiger partial charge on any atom is 0.115 e. The second-order valence-corrected chi connectivity index (χ2v) is 17.2. The number of H-pyrrole nitrogens is 2. The maximum absolute atomic E-state index is 5.89. The predicted octanol–water partition coefficient (Wildman–Crippen LogP) is 10.9. The van der Waals surface area contributed by atoms with Crippen LogP contribution < -0.4 is 10.6 Å². The van der Waals surface area contributed by atoms with E-state index >= 15 is 0 Å². The normalized spacial score (nSPS) is 24.3. The van der Waals surface area contributed by atoms with Gasteiger partial charge in [0.1, 0.15) is 11.2 Å². The molecule has 3 aromatic heterocycles. The maximum atomic E-state index is 5.89. The fraction of sp³-hybridized carbons (Fsp3) is 0.265. The highest BCUT2D eigenvalue weighted by molar-refractivity contribution is 6.24. The molecule has 278 valence electrons. The van der Waals surface area contributed by atoms with Gasteiger partial charge in [-0.1, -0.05) is 61.6 Å². The van der Waals surface area contributed by atoms with Crippen LogP contribution in [0.4, 0.5) is 22.7 Å². The van der Waals surface area contributed by atoms with E-state index in [2.05, 4.69) is 119 Å². The molecule has 0 spiro atoms. The number of allylic oxidation sites excluding steroid dienone is 6. The van der Waals surface area contributed by atoms with Gasteiger partial charge in [0.15, 0.2) is 0 Å². The van der Waals surface area contributed by atoms with Crippen molar-refractivity contribution >= 4 is 61.8 Å². The van der Waals surface area contributed by atoms with Gasteiger partial charge in [-0.3, -0.25) is 4.99 Å². The molecule has 3 aromatic carbocycles. The van der Waals surface area contributed by atoms with Crippen molar-refractivity contribution in [2.24, 2.45) is 21.8 Å². The topological polar surface area (TPSA) is 106 Å². The molecule has 14 rings (SSSR count). The lowest BCUT2D eigenvalue weighted by molar-refractivity contribution is 0.338. The van der Waals surface area contributed by atoms with Gasteiger partial charge < -0.3 is 20.6 Å². The molecule has 4 atom stereocenters. The zero-order valence-electron chi connectivity index (χ0n) is 32.1. The second kappa shape index (κ2) is 11.6. The van der Waals surface area contributed by atoms with Crippen LogP contribution in [0.2, 0.25) is 0 Å². The summed E-state index contributed by atoms with van der Waals surface area (Å²) in [5, 5.41) is 8.25. The van der Waals surface area contributed by atoms with E-state index in [1.807, 2.05) is 0 Å². The van der Waals surface area contributed by atoms with Gasteiger partial charge in [0, 0.05) is 74.7 Å². The zero-order valence-corrected chi connectivity index (χ0v) is 32.1. The number of aliphatic imine (C=N–C) groups is 2. The van der Waals surface area contributed by atoms with Crippen LogP contribution >= 0.6 is 0 Å². The predicted molar refractivity (Wildman–Crippen MR) is 232 cm³/mol. The van der Waals surface area contributed by atoms with Crippen LogP contribution in [-0.4, -0.2) is 43.4 Å². The van der Waals surface area contributed by atoms with Crippen LogP contribution in [0.1, 0.15) is 62.0 Å². The molecular formula is C49H42N8. The number of nitrogens with one attached hydrogen (secondary N) is 4. The van der Waals surface area contributed by atoms with Crippen LogP contribution in [0.5, 0.6) is 0 Å². The van der Waals surface area contributed by atoms with Crippen molar-refractivity contribution in [1.82, 2.24) is 19.9 Å². The quantitative estimate of drug-likeness (QED) is 0.116. The summed E-state index contributed by atoms with van der Waals surface area (Å²) in [4.78, 5) is 30.2. The Hall–Kier alpha value is -6.28. The van der Waals surface area contributed by atoms with E-state index in [1.165, 1.54) is 45.0 Å². The van der Waals surface area contributed by atoms with Gasteiger partial charge in [0.25, 0.3) is 0 Å². The van der Waals surface area contributed by atoms with Crippen LogP contribution in [0, 0.1) is 11.8 Å². The Kier molecular flexibility index (Phi) is 6.51. The Morgan fingerprint density at radius 2 is 1.60 bits per heavy atom. The molecule has 6 aromatic rings. The summed E-state index contributed by atoms with van der Waals surface area (Å²) in [5.41, 5.74) is 24.1. The SMILES string of the molecule is C/C=C1/Cc2c3c4c5c6nc7c(cccc7nc26)-c2ccc([nH]2)CC2CCC(=N2)C2=CC=C(C6=CCC(Cc7ccc([nH]7)-c7cccc1c7N3)C(C)C6)C(=N4)C2N5.